The van der Waals surface area contributed by atoms with Gasteiger partial charge in [-0.3, -0.25) is 0 Å². The molecule has 0 bridgehead atoms. The first-order chi connectivity index (χ1) is 11.3. The normalized spacial score (nSPS) is 10.7. The summed E-state index contributed by atoms with van der Waals surface area (Å²) < 4.78 is 15.8. The van der Waals surface area contributed by atoms with E-state index in [0.29, 0.717) is 24.9 Å². The number of aryl methyl sites for hydroxylation is 1. The predicted octanol–water partition coefficient (Wildman–Crippen LogP) is 3.74. The minimum Gasteiger partial charge on any atom is -0.491 e. The van der Waals surface area contributed by atoms with Gasteiger partial charge < -0.3 is 14.0 Å². The fraction of sp³-hybridized carbons (Fsp3) is 0.222. The maximum atomic E-state index is 5.54. The molecule has 0 aliphatic heterocycles. The third-order valence-electron chi connectivity index (χ3n) is 3.36. The Hall–Kier alpha value is -2.66. The number of benzene rings is 2. The van der Waals surface area contributed by atoms with Crippen LogP contribution in [0.25, 0.3) is 22.8 Å². The molecule has 0 aliphatic rings. The highest BCUT2D eigenvalue weighted by Gasteiger charge is 2.10. The van der Waals surface area contributed by atoms with Crippen LogP contribution in [0.4, 0.5) is 0 Å². The summed E-state index contributed by atoms with van der Waals surface area (Å²) in [7, 11) is 1.65. The summed E-state index contributed by atoms with van der Waals surface area (Å²) in [5.41, 5.74) is 2.95. The van der Waals surface area contributed by atoms with E-state index in [1.165, 1.54) is 0 Å². The van der Waals surface area contributed by atoms with Crippen LogP contribution in [0.5, 0.6) is 5.75 Å². The average molecular weight is 310 g/mol. The summed E-state index contributed by atoms with van der Waals surface area (Å²) >= 11 is 0. The second-order valence-corrected chi connectivity index (χ2v) is 5.16. The molecule has 0 saturated heterocycles. The van der Waals surface area contributed by atoms with E-state index in [-0.39, 0.29) is 0 Å². The molecule has 0 radical (unpaired) electrons. The molecular formula is C18H18N2O3. The van der Waals surface area contributed by atoms with Gasteiger partial charge in [0.1, 0.15) is 12.4 Å². The molecule has 0 unspecified atom stereocenters. The van der Waals surface area contributed by atoms with Gasteiger partial charge in [0, 0.05) is 18.2 Å². The van der Waals surface area contributed by atoms with E-state index in [4.69, 9.17) is 14.0 Å². The van der Waals surface area contributed by atoms with Crippen molar-refractivity contribution in [1.29, 1.82) is 0 Å². The summed E-state index contributed by atoms with van der Waals surface area (Å²) in [6.07, 6.45) is 0. The van der Waals surface area contributed by atoms with E-state index in [2.05, 4.69) is 10.1 Å². The fourth-order valence-electron chi connectivity index (χ4n) is 2.18. The zero-order valence-electron chi connectivity index (χ0n) is 13.2. The molecule has 1 heterocycles. The standard InChI is InChI=1S/C18H18N2O3/c1-13-4-3-5-15(12-13)18-19-17(20-23-18)14-6-8-16(9-7-14)22-11-10-21-2/h3-9,12H,10-11H2,1-2H3. The van der Waals surface area contributed by atoms with Crippen LogP contribution in [0.3, 0.4) is 0 Å². The number of nitrogens with zero attached hydrogens (tertiary/aromatic N) is 2. The number of aromatic nitrogens is 2. The molecular weight excluding hydrogens is 292 g/mol. The number of hydrogen-bond acceptors (Lipinski definition) is 5. The van der Waals surface area contributed by atoms with Gasteiger partial charge >= 0.3 is 0 Å². The van der Waals surface area contributed by atoms with Gasteiger partial charge in [-0.1, -0.05) is 22.9 Å². The third kappa shape index (κ3) is 3.76. The van der Waals surface area contributed by atoms with Crippen molar-refractivity contribution >= 4 is 0 Å². The molecule has 0 saturated carbocycles. The van der Waals surface area contributed by atoms with Crippen molar-refractivity contribution in [2.24, 2.45) is 0 Å². The van der Waals surface area contributed by atoms with Crippen molar-refractivity contribution in [2.75, 3.05) is 20.3 Å². The summed E-state index contributed by atoms with van der Waals surface area (Å²) in [5.74, 6) is 1.86. The van der Waals surface area contributed by atoms with Crippen molar-refractivity contribution in [3.05, 3.63) is 54.1 Å². The zero-order valence-corrected chi connectivity index (χ0v) is 13.2. The van der Waals surface area contributed by atoms with Gasteiger partial charge in [0.25, 0.3) is 5.89 Å². The molecule has 0 N–H and O–H groups in total. The second-order valence-electron chi connectivity index (χ2n) is 5.16. The van der Waals surface area contributed by atoms with Crippen LogP contribution < -0.4 is 4.74 Å². The van der Waals surface area contributed by atoms with E-state index < -0.39 is 0 Å². The lowest BCUT2D eigenvalue weighted by atomic mass is 10.1. The van der Waals surface area contributed by atoms with Crippen LogP contribution in [0.2, 0.25) is 0 Å². The Morgan fingerprint density at radius 2 is 1.83 bits per heavy atom. The van der Waals surface area contributed by atoms with Crippen LogP contribution in [-0.4, -0.2) is 30.5 Å². The number of hydrogen-bond donors (Lipinski definition) is 0. The Morgan fingerprint density at radius 1 is 1.00 bits per heavy atom. The highest BCUT2D eigenvalue weighted by atomic mass is 16.5. The highest BCUT2D eigenvalue weighted by Crippen LogP contribution is 2.24. The molecule has 3 aromatic rings. The minimum absolute atomic E-state index is 0.518. The van der Waals surface area contributed by atoms with Crippen LogP contribution in [0.1, 0.15) is 5.56 Å². The summed E-state index contributed by atoms with van der Waals surface area (Å²) in [6.45, 7) is 3.12. The summed E-state index contributed by atoms with van der Waals surface area (Å²) in [5, 5.41) is 4.05. The molecule has 23 heavy (non-hydrogen) atoms. The lowest BCUT2D eigenvalue weighted by molar-refractivity contribution is 0.146. The van der Waals surface area contributed by atoms with Crippen molar-refractivity contribution in [3.63, 3.8) is 0 Å². The van der Waals surface area contributed by atoms with Crippen molar-refractivity contribution < 1.29 is 14.0 Å². The molecule has 5 nitrogen and oxygen atoms in total. The molecule has 0 atom stereocenters. The van der Waals surface area contributed by atoms with E-state index >= 15 is 0 Å². The van der Waals surface area contributed by atoms with Gasteiger partial charge in [0.2, 0.25) is 5.82 Å². The van der Waals surface area contributed by atoms with E-state index in [9.17, 15) is 0 Å². The summed E-state index contributed by atoms with van der Waals surface area (Å²) in [4.78, 5) is 4.46. The SMILES string of the molecule is COCCOc1ccc(-c2noc(-c3cccc(C)c3)n2)cc1. The van der Waals surface area contributed by atoms with Crippen LogP contribution in [-0.2, 0) is 4.74 Å². The van der Waals surface area contributed by atoms with Crippen LogP contribution in [0.15, 0.2) is 53.1 Å². The minimum atomic E-state index is 0.518. The van der Waals surface area contributed by atoms with Gasteiger partial charge in [-0.2, -0.15) is 4.98 Å². The van der Waals surface area contributed by atoms with Crippen molar-refractivity contribution in [1.82, 2.24) is 10.1 Å². The topological polar surface area (TPSA) is 57.4 Å². The average Bonchev–Trinajstić information content (AvgIpc) is 3.06. The Balaban J connectivity index is 1.75. The molecule has 118 valence electrons. The van der Waals surface area contributed by atoms with Gasteiger partial charge in [-0.05, 0) is 43.3 Å². The molecule has 0 aliphatic carbocycles. The maximum absolute atomic E-state index is 5.54. The largest absolute Gasteiger partial charge is 0.491 e. The number of ether oxygens (including phenoxy) is 2. The fourth-order valence-corrected chi connectivity index (χ4v) is 2.18. The second kappa shape index (κ2) is 7.07. The van der Waals surface area contributed by atoms with Gasteiger partial charge in [0.15, 0.2) is 0 Å². The molecule has 2 aromatic carbocycles. The quantitative estimate of drug-likeness (QED) is 0.649. The van der Waals surface area contributed by atoms with Gasteiger partial charge in [-0.25, -0.2) is 0 Å². The first kappa shape index (κ1) is 15.2. The lowest BCUT2D eigenvalue weighted by Gasteiger charge is -2.05. The Bertz CT molecular complexity index is 766. The molecule has 1 aromatic heterocycles. The first-order valence-corrected chi connectivity index (χ1v) is 7.39. The summed E-state index contributed by atoms with van der Waals surface area (Å²) in [6, 6.07) is 15.6. The number of methoxy groups -OCH3 is 1. The van der Waals surface area contributed by atoms with Crippen molar-refractivity contribution in [2.45, 2.75) is 6.92 Å². The Morgan fingerprint density at radius 3 is 2.57 bits per heavy atom. The van der Waals surface area contributed by atoms with E-state index in [1.807, 2.05) is 55.5 Å². The van der Waals surface area contributed by atoms with Gasteiger partial charge in [0.05, 0.1) is 6.61 Å². The lowest BCUT2D eigenvalue weighted by Crippen LogP contribution is -2.03. The van der Waals surface area contributed by atoms with E-state index in [0.717, 1.165) is 22.4 Å². The molecule has 5 heteroatoms. The maximum Gasteiger partial charge on any atom is 0.258 e. The monoisotopic (exact) mass is 310 g/mol. The molecule has 0 fully saturated rings. The smallest absolute Gasteiger partial charge is 0.258 e. The van der Waals surface area contributed by atoms with Crippen LogP contribution >= 0.6 is 0 Å². The van der Waals surface area contributed by atoms with Gasteiger partial charge in [-0.15, -0.1) is 0 Å². The molecule has 0 amide bonds. The third-order valence-corrected chi connectivity index (χ3v) is 3.36. The highest BCUT2D eigenvalue weighted by molar-refractivity contribution is 5.60. The Labute approximate surface area is 134 Å². The Kier molecular flexibility index (Phi) is 4.68. The molecule has 0 spiro atoms. The van der Waals surface area contributed by atoms with Crippen molar-refractivity contribution in [3.8, 4) is 28.6 Å². The van der Waals surface area contributed by atoms with Crippen LogP contribution in [0, 0.1) is 6.92 Å². The molecule has 3 rings (SSSR count). The number of rotatable bonds is 6. The first-order valence-electron chi connectivity index (χ1n) is 7.39. The predicted molar refractivity (Wildman–Crippen MR) is 87.3 cm³/mol. The zero-order chi connectivity index (χ0) is 16.1. The van der Waals surface area contributed by atoms with E-state index in [1.54, 1.807) is 7.11 Å².